The molecule has 5 heteroatoms. The molecule has 2 aliphatic heterocycles. The lowest BCUT2D eigenvalue weighted by molar-refractivity contribution is 0.255. The van der Waals surface area contributed by atoms with Crippen LogP contribution >= 0.6 is 0 Å². The Hall–Kier alpha value is -1.07. The van der Waals surface area contributed by atoms with Crippen molar-refractivity contribution in [1.29, 1.82) is 0 Å². The van der Waals surface area contributed by atoms with Crippen LogP contribution in [0.15, 0.2) is 12.4 Å². The Balaban J connectivity index is 1.50. The van der Waals surface area contributed by atoms with Gasteiger partial charge in [0.05, 0.1) is 18.4 Å². The molecular formula is C16H29N5. The van der Waals surface area contributed by atoms with E-state index in [1.54, 1.807) is 0 Å². The molecule has 0 radical (unpaired) electrons. The van der Waals surface area contributed by atoms with Crippen LogP contribution in [0.2, 0.25) is 0 Å². The molecule has 3 heterocycles. The summed E-state index contributed by atoms with van der Waals surface area (Å²) in [5.41, 5.74) is 1.19. The molecule has 0 aromatic carbocycles. The predicted molar refractivity (Wildman–Crippen MR) is 86.6 cm³/mol. The summed E-state index contributed by atoms with van der Waals surface area (Å²) in [5, 5.41) is 8.22. The van der Waals surface area contributed by atoms with Gasteiger partial charge in [-0.15, -0.1) is 0 Å². The SMILES string of the molecule is CCN(CC)CCn1cc(NC2CCN3CCC2C3)cn1. The average Bonchev–Trinajstić information content (AvgIpc) is 3.10. The van der Waals surface area contributed by atoms with Gasteiger partial charge in [-0.2, -0.15) is 5.10 Å². The zero-order valence-corrected chi connectivity index (χ0v) is 13.5. The maximum absolute atomic E-state index is 4.50. The standard InChI is InChI=1S/C16H29N5/c1-3-19(4-2)9-10-21-13-15(11-17-21)18-16-6-8-20-7-5-14(16)12-20/h11,13-14,16,18H,3-10,12H2,1-2H3. The van der Waals surface area contributed by atoms with Crippen LogP contribution in [-0.4, -0.2) is 64.9 Å². The van der Waals surface area contributed by atoms with Gasteiger partial charge in [0.25, 0.3) is 0 Å². The third-order valence-corrected chi connectivity index (χ3v) is 5.16. The number of anilines is 1. The molecule has 2 saturated heterocycles. The molecule has 1 N–H and O–H groups in total. The zero-order valence-electron chi connectivity index (χ0n) is 13.5. The molecule has 3 unspecified atom stereocenters. The van der Waals surface area contributed by atoms with Crippen molar-refractivity contribution < 1.29 is 0 Å². The first kappa shape index (κ1) is 14.9. The van der Waals surface area contributed by atoms with E-state index < -0.39 is 0 Å². The fraction of sp³-hybridized carbons (Fsp3) is 0.812. The van der Waals surface area contributed by atoms with Gasteiger partial charge in [-0.05, 0) is 38.4 Å². The summed E-state index contributed by atoms with van der Waals surface area (Å²) in [6.45, 7) is 12.6. The Labute approximate surface area is 128 Å². The number of hydrogen-bond acceptors (Lipinski definition) is 4. The van der Waals surface area contributed by atoms with E-state index in [1.165, 1.54) is 38.2 Å². The summed E-state index contributed by atoms with van der Waals surface area (Å²) < 4.78 is 2.07. The minimum atomic E-state index is 0.643. The van der Waals surface area contributed by atoms with E-state index >= 15 is 0 Å². The van der Waals surface area contributed by atoms with E-state index in [9.17, 15) is 0 Å². The van der Waals surface area contributed by atoms with Gasteiger partial charge in [-0.1, -0.05) is 13.8 Å². The molecule has 118 valence electrons. The van der Waals surface area contributed by atoms with Crippen molar-refractivity contribution in [3.63, 3.8) is 0 Å². The fourth-order valence-electron chi connectivity index (χ4n) is 3.70. The maximum atomic E-state index is 4.50. The van der Waals surface area contributed by atoms with Crippen molar-refractivity contribution >= 4 is 5.69 Å². The number of nitrogens with one attached hydrogen (secondary N) is 1. The van der Waals surface area contributed by atoms with Gasteiger partial charge in [0.15, 0.2) is 0 Å². The van der Waals surface area contributed by atoms with Gasteiger partial charge in [0, 0.05) is 31.9 Å². The number of likely N-dealkylation sites (N-methyl/N-ethyl adjacent to an activating group) is 1. The van der Waals surface area contributed by atoms with Crippen molar-refractivity contribution in [3.05, 3.63) is 12.4 Å². The van der Waals surface area contributed by atoms with E-state index in [-0.39, 0.29) is 0 Å². The highest BCUT2D eigenvalue weighted by molar-refractivity contribution is 5.39. The van der Waals surface area contributed by atoms with Crippen molar-refractivity contribution in [2.75, 3.05) is 44.6 Å². The summed E-state index contributed by atoms with van der Waals surface area (Å²) in [6, 6.07) is 0.643. The summed E-state index contributed by atoms with van der Waals surface area (Å²) >= 11 is 0. The summed E-state index contributed by atoms with van der Waals surface area (Å²) in [7, 11) is 0. The molecule has 21 heavy (non-hydrogen) atoms. The van der Waals surface area contributed by atoms with Crippen LogP contribution in [0.3, 0.4) is 0 Å². The monoisotopic (exact) mass is 291 g/mol. The predicted octanol–water partition coefficient (Wildman–Crippen LogP) is 1.73. The van der Waals surface area contributed by atoms with Gasteiger partial charge in [0.2, 0.25) is 0 Å². The third kappa shape index (κ3) is 3.58. The van der Waals surface area contributed by atoms with E-state index in [2.05, 4.69) is 44.9 Å². The molecule has 3 atom stereocenters. The normalized spacial score (nSPS) is 28.2. The highest BCUT2D eigenvalue weighted by Crippen LogP contribution is 2.29. The lowest BCUT2D eigenvalue weighted by Gasteiger charge is -2.31. The van der Waals surface area contributed by atoms with Crippen molar-refractivity contribution in [2.45, 2.75) is 39.3 Å². The molecule has 3 rings (SSSR count). The number of hydrogen-bond donors (Lipinski definition) is 1. The van der Waals surface area contributed by atoms with Gasteiger partial charge >= 0.3 is 0 Å². The smallest absolute Gasteiger partial charge is 0.0728 e. The Kier molecular flexibility index (Phi) is 4.80. The second-order valence-corrected chi connectivity index (χ2v) is 6.41. The Morgan fingerprint density at radius 3 is 2.90 bits per heavy atom. The van der Waals surface area contributed by atoms with Gasteiger partial charge in [-0.25, -0.2) is 0 Å². The first-order chi connectivity index (χ1) is 10.3. The molecule has 0 spiro atoms. The second-order valence-electron chi connectivity index (χ2n) is 6.41. The van der Waals surface area contributed by atoms with Crippen LogP contribution < -0.4 is 5.32 Å². The fourth-order valence-corrected chi connectivity index (χ4v) is 3.70. The first-order valence-electron chi connectivity index (χ1n) is 8.52. The van der Waals surface area contributed by atoms with E-state index in [1.807, 2.05) is 6.20 Å². The number of fused-ring (bicyclic) bond motifs is 2. The number of piperidine rings is 1. The van der Waals surface area contributed by atoms with Crippen molar-refractivity contribution in [3.8, 4) is 0 Å². The lowest BCUT2D eigenvalue weighted by Crippen LogP contribution is -2.39. The first-order valence-corrected chi connectivity index (χ1v) is 8.52. The van der Waals surface area contributed by atoms with Crippen molar-refractivity contribution in [1.82, 2.24) is 19.6 Å². The molecule has 0 saturated carbocycles. The maximum Gasteiger partial charge on any atom is 0.0728 e. The minimum absolute atomic E-state index is 0.643. The van der Waals surface area contributed by atoms with Gasteiger partial charge in [0.1, 0.15) is 0 Å². The molecule has 1 aromatic heterocycles. The summed E-state index contributed by atoms with van der Waals surface area (Å²) in [4.78, 5) is 5.03. The number of nitrogens with zero attached hydrogens (tertiary/aromatic N) is 4. The highest BCUT2D eigenvalue weighted by atomic mass is 15.3. The van der Waals surface area contributed by atoms with Gasteiger partial charge in [-0.3, -0.25) is 4.68 Å². The summed E-state index contributed by atoms with van der Waals surface area (Å²) in [6.07, 6.45) is 6.79. The van der Waals surface area contributed by atoms with Crippen LogP contribution in [0.4, 0.5) is 5.69 Å². The molecule has 0 amide bonds. The molecule has 2 bridgehead atoms. The van der Waals surface area contributed by atoms with E-state index in [0.717, 1.165) is 32.1 Å². The van der Waals surface area contributed by atoms with Crippen LogP contribution in [0.5, 0.6) is 0 Å². The highest BCUT2D eigenvalue weighted by Gasteiger charge is 2.34. The largest absolute Gasteiger partial charge is 0.379 e. The third-order valence-electron chi connectivity index (χ3n) is 5.16. The summed E-state index contributed by atoms with van der Waals surface area (Å²) in [5.74, 6) is 0.831. The molecule has 2 fully saturated rings. The van der Waals surface area contributed by atoms with E-state index in [0.29, 0.717) is 6.04 Å². The van der Waals surface area contributed by atoms with Crippen molar-refractivity contribution in [2.24, 2.45) is 5.92 Å². The number of aromatic nitrogens is 2. The average molecular weight is 291 g/mol. The molecule has 0 aliphatic carbocycles. The van der Waals surface area contributed by atoms with E-state index in [4.69, 9.17) is 0 Å². The van der Waals surface area contributed by atoms with Crippen LogP contribution in [0.25, 0.3) is 0 Å². The van der Waals surface area contributed by atoms with Gasteiger partial charge < -0.3 is 15.1 Å². The molecular weight excluding hydrogens is 262 g/mol. The van der Waals surface area contributed by atoms with Crippen LogP contribution in [-0.2, 0) is 6.54 Å². The minimum Gasteiger partial charge on any atom is -0.379 e. The Morgan fingerprint density at radius 2 is 2.10 bits per heavy atom. The van der Waals surface area contributed by atoms with Crippen LogP contribution in [0.1, 0.15) is 26.7 Å². The molecule has 2 aliphatic rings. The molecule has 5 nitrogen and oxygen atoms in total. The topological polar surface area (TPSA) is 36.3 Å². The molecule has 1 aromatic rings. The number of rotatable bonds is 7. The van der Waals surface area contributed by atoms with Crippen LogP contribution in [0, 0.1) is 5.92 Å². The second kappa shape index (κ2) is 6.79. The quantitative estimate of drug-likeness (QED) is 0.830. The Morgan fingerprint density at radius 1 is 1.29 bits per heavy atom. The zero-order chi connectivity index (χ0) is 14.7. The lowest BCUT2D eigenvalue weighted by atomic mass is 9.94. The Bertz CT molecular complexity index is 440.